The Bertz CT molecular complexity index is 280. The van der Waals surface area contributed by atoms with Gasteiger partial charge in [0.1, 0.15) is 11.2 Å². The Balaban J connectivity index is 2.70. The van der Waals surface area contributed by atoms with Gasteiger partial charge in [-0.1, -0.05) is 6.92 Å². The minimum absolute atomic E-state index is 0.0490. The van der Waals surface area contributed by atoms with Gasteiger partial charge in [0.2, 0.25) is 0 Å². The molecule has 98 valence electrons. The van der Waals surface area contributed by atoms with Crippen molar-refractivity contribution >= 4 is 11.8 Å². The molecule has 0 aromatic heterocycles. The smallest absolute Gasteiger partial charge is 0.319 e. The fraction of sp³-hybridized carbons (Fsp3) is 0.846. The molecule has 1 aliphatic rings. The second-order valence-corrected chi connectivity index (χ2v) is 4.70. The fourth-order valence-electron chi connectivity index (χ4n) is 2.44. The van der Waals surface area contributed by atoms with E-state index in [4.69, 9.17) is 4.74 Å². The molecule has 0 spiro atoms. The molecular weight excluding hydrogens is 218 g/mol. The molecular formula is C13H23NO3. The van der Waals surface area contributed by atoms with Crippen LogP contribution in [0.15, 0.2) is 0 Å². The molecule has 1 fully saturated rings. The average Bonchev–Trinajstić information content (AvgIpc) is 2.30. The lowest BCUT2D eigenvalue weighted by molar-refractivity contribution is -0.163. The fourth-order valence-corrected chi connectivity index (χ4v) is 2.44. The Morgan fingerprint density at radius 1 is 1.24 bits per heavy atom. The van der Waals surface area contributed by atoms with Crippen molar-refractivity contribution in [1.29, 1.82) is 0 Å². The third-order valence-electron chi connectivity index (χ3n) is 3.59. The molecule has 4 heteroatoms. The van der Waals surface area contributed by atoms with Gasteiger partial charge in [0, 0.05) is 0 Å². The van der Waals surface area contributed by atoms with Crippen LogP contribution in [0.3, 0.4) is 0 Å². The minimum atomic E-state index is -0.875. The number of nitrogens with zero attached hydrogens (tertiary/aromatic N) is 1. The van der Waals surface area contributed by atoms with E-state index in [9.17, 15) is 9.59 Å². The Kier molecular flexibility index (Phi) is 5.12. The van der Waals surface area contributed by atoms with Crippen LogP contribution in [0.5, 0.6) is 0 Å². The van der Waals surface area contributed by atoms with Crippen LogP contribution in [-0.4, -0.2) is 42.9 Å². The highest BCUT2D eigenvalue weighted by Gasteiger charge is 2.46. The van der Waals surface area contributed by atoms with E-state index in [0.29, 0.717) is 19.4 Å². The first-order valence-corrected chi connectivity index (χ1v) is 6.47. The largest absolute Gasteiger partial charge is 0.465 e. The van der Waals surface area contributed by atoms with Crippen molar-refractivity contribution in [3.05, 3.63) is 0 Å². The number of ketones is 1. The SMILES string of the molecule is CCCN1CCC(C(C)=O)(C(=O)OCC)CC1. The predicted molar refractivity (Wildman–Crippen MR) is 65.7 cm³/mol. The van der Waals surface area contributed by atoms with E-state index in [-0.39, 0.29) is 11.8 Å². The van der Waals surface area contributed by atoms with Gasteiger partial charge in [0.15, 0.2) is 0 Å². The molecule has 4 nitrogen and oxygen atoms in total. The number of Topliss-reactive ketones (excluding diaryl/α,β-unsaturated/α-hetero) is 1. The first kappa shape index (κ1) is 14.2. The molecule has 1 saturated heterocycles. The number of likely N-dealkylation sites (tertiary alicyclic amines) is 1. The van der Waals surface area contributed by atoms with Gasteiger partial charge in [-0.2, -0.15) is 0 Å². The Morgan fingerprint density at radius 3 is 2.24 bits per heavy atom. The van der Waals surface area contributed by atoms with Gasteiger partial charge in [-0.15, -0.1) is 0 Å². The number of piperidine rings is 1. The summed E-state index contributed by atoms with van der Waals surface area (Å²) in [6.45, 7) is 8.42. The summed E-state index contributed by atoms with van der Waals surface area (Å²) in [5.74, 6) is -0.379. The first-order valence-electron chi connectivity index (χ1n) is 6.47. The average molecular weight is 241 g/mol. The molecule has 0 amide bonds. The topological polar surface area (TPSA) is 46.6 Å². The van der Waals surface area contributed by atoms with E-state index in [1.807, 2.05) is 0 Å². The summed E-state index contributed by atoms with van der Waals surface area (Å²) in [6.07, 6.45) is 2.30. The van der Waals surface area contributed by atoms with Gasteiger partial charge in [-0.3, -0.25) is 9.59 Å². The first-order chi connectivity index (χ1) is 8.06. The number of hydrogen-bond acceptors (Lipinski definition) is 4. The number of hydrogen-bond donors (Lipinski definition) is 0. The lowest BCUT2D eigenvalue weighted by atomic mass is 9.75. The molecule has 17 heavy (non-hydrogen) atoms. The van der Waals surface area contributed by atoms with Gasteiger partial charge >= 0.3 is 5.97 Å². The highest BCUT2D eigenvalue weighted by molar-refractivity contribution is 6.02. The molecule has 0 aromatic carbocycles. The molecule has 0 saturated carbocycles. The minimum Gasteiger partial charge on any atom is -0.465 e. The number of carbonyl (C=O) groups is 2. The van der Waals surface area contributed by atoms with Crippen molar-refractivity contribution in [3.63, 3.8) is 0 Å². The molecule has 0 atom stereocenters. The summed E-state index contributed by atoms with van der Waals surface area (Å²) in [5.41, 5.74) is -0.875. The number of ether oxygens (including phenoxy) is 1. The van der Waals surface area contributed by atoms with Crippen LogP contribution in [0.1, 0.15) is 40.0 Å². The van der Waals surface area contributed by atoms with Gasteiger partial charge < -0.3 is 9.64 Å². The Hall–Kier alpha value is -0.900. The number of rotatable bonds is 5. The molecule has 0 aromatic rings. The lowest BCUT2D eigenvalue weighted by Gasteiger charge is -2.38. The van der Waals surface area contributed by atoms with Gasteiger partial charge in [-0.05, 0) is 52.7 Å². The Morgan fingerprint density at radius 2 is 1.82 bits per heavy atom. The van der Waals surface area contributed by atoms with Crippen LogP contribution in [0.2, 0.25) is 0 Å². The summed E-state index contributed by atoms with van der Waals surface area (Å²) >= 11 is 0. The molecule has 0 aliphatic carbocycles. The molecule has 0 bridgehead atoms. The maximum absolute atomic E-state index is 12.0. The monoisotopic (exact) mass is 241 g/mol. The second-order valence-electron chi connectivity index (χ2n) is 4.70. The molecule has 0 unspecified atom stereocenters. The second kappa shape index (κ2) is 6.15. The molecule has 1 aliphatic heterocycles. The third kappa shape index (κ3) is 3.06. The molecule has 0 N–H and O–H groups in total. The lowest BCUT2D eigenvalue weighted by Crippen LogP contribution is -2.49. The van der Waals surface area contributed by atoms with E-state index >= 15 is 0 Å². The van der Waals surface area contributed by atoms with Crippen molar-refractivity contribution in [2.24, 2.45) is 5.41 Å². The standard InChI is InChI=1S/C13H23NO3/c1-4-8-14-9-6-13(7-10-14,11(3)15)12(16)17-5-2/h4-10H2,1-3H3. The van der Waals surface area contributed by atoms with Gasteiger partial charge in [0.05, 0.1) is 6.61 Å². The zero-order valence-electron chi connectivity index (χ0n) is 11.1. The Labute approximate surface area is 103 Å². The van der Waals surface area contributed by atoms with E-state index in [2.05, 4.69) is 11.8 Å². The summed E-state index contributed by atoms with van der Waals surface area (Å²) in [7, 11) is 0. The van der Waals surface area contributed by atoms with Crippen molar-refractivity contribution in [2.45, 2.75) is 40.0 Å². The van der Waals surface area contributed by atoms with Crippen LogP contribution in [0, 0.1) is 5.41 Å². The van der Waals surface area contributed by atoms with Gasteiger partial charge in [-0.25, -0.2) is 0 Å². The van der Waals surface area contributed by atoms with E-state index < -0.39 is 5.41 Å². The number of carbonyl (C=O) groups excluding carboxylic acids is 2. The molecule has 1 heterocycles. The van der Waals surface area contributed by atoms with Crippen molar-refractivity contribution in [3.8, 4) is 0 Å². The van der Waals surface area contributed by atoms with E-state index in [0.717, 1.165) is 26.1 Å². The zero-order valence-corrected chi connectivity index (χ0v) is 11.1. The summed E-state index contributed by atoms with van der Waals surface area (Å²) in [5, 5.41) is 0. The van der Waals surface area contributed by atoms with Crippen molar-refractivity contribution < 1.29 is 14.3 Å². The highest BCUT2D eigenvalue weighted by atomic mass is 16.5. The maximum Gasteiger partial charge on any atom is 0.319 e. The summed E-state index contributed by atoms with van der Waals surface area (Å²) in [6, 6.07) is 0. The van der Waals surface area contributed by atoms with Crippen LogP contribution >= 0.6 is 0 Å². The maximum atomic E-state index is 12.0. The van der Waals surface area contributed by atoms with Crippen molar-refractivity contribution in [1.82, 2.24) is 4.90 Å². The quantitative estimate of drug-likeness (QED) is 0.542. The third-order valence-corrected chi connectivity index (χ3v) is 3.59. The van der Waals surface area contributed by atoms with Crippen molar-refractivity contribution in [2.75, 3.05) is 26.2 Å². The molecule has 0 radical (unpaired) electrons. The van der Waals surface area contributed by atoms with Crippen LogP contribution in [-0.2, 0) is 14.3 Å². The normalized spacial score (nSPS) is 19.9. The van der Waals surface area contributed by atoms with E-state index in [1.165, 1.54) is 6.92 Å². The highest BCUT2D eigenvalue weighted by Crippen LogP contribution is 2.34. The van der Waals surface area contributed by atoms with Crippen LogP contribution in [0.4, 0.5) is 0 Å². The number of esters is 1. The zero-order chi connectivity index (χ0) is 12.9. The van der Waals surface area contributed by atoms with Gasteiger partial charge in [0.25, 0.3) is 0 Å². The summed E-state index contributed by atoms with van der Waals surface area (Å²) < 4.78 is 5.06. The van der Waals surface area contributed by atoms with Crippen LogP contribution < -0.4 is 0 Å². The molecule has 1 rings (SSSR count). The summed E-state index contributed by atoms with van der Waals surface area (Å²) in [4.78, 5) is 26.1. The van der Waals surface area contributed by atoms with E-state index in [1.54, 1.807) is 6.92 Å². The van der Waals surface area contributed by atoms with Crippen LogP contribution in [0.25, 0.3) is 0 Å². The predicted octanol–water partition coefficient (Wildman–Crippen LogP) is 1.63.